The Balaban J connectivity index is 0.00000121. The lowest BCUT2D eigenvalue weighted by atomic mass is 10.0. The zero-order chi connectivity index (χ0) is 12.8. The molecule has 1 amide bonds. The number of hydrogen-bond donors (Lipinski definition) is 2. The van der Waals surface area contributed by atoms with Crippen LogP contribution in [-0.2, 0) is 11.2 Å². The average Bonchev–Trinajstić information content (AvgIpc) is 2.93. The summed E-state index contributed by atoms with van der Waals surface area (Å²) in [5, 5.41) is 6.51. The number of aryl methyl sites for hydroxylation is 1. The third kappa shape index (κ3) is 2.28. The van der Waals surface area contributed by atoms with Gasteiger partial charge in [-0.05, 0) is 61.3 Å². The molecule has 2 N–H and O–H groups in total. The monoisotopic (exact) mass is 292 g/mol. The van der Waals surface area contributed by atoms with Gasteiger partial charge in [-0.2, -0.15) is 0 Å². The van der Waals surface area contributed by atoms with Crippen molar-refractivity contribution in [3.05, 3.63) is 23.8 Å². The van der Waals surface area contributed by atoms with Crippen LogP contribution in [0.2, 0.25) is 0 Å². The van der Waals surface area contributed by atoms with E-state index in [4.69, 9.17) is 0 Å². The van der Waals surface area contributed by atoms with Gasteiger partial charge < -0.3 is 10.6 Å². The second kappa shape index (κ2) is 5.28. The van der Waals surface area contributed by atoms with E-state index in [1.807, 2.05) is 6.07 Å². The molecular weight excluding hydrogens is 272 g/mol. The summed E-state index contributed by atoms with van der Waals surface area (Å²) < 4.78 is 0. The minimum Gasteiger partial charge on any atom is -0.385 e. The van der Waals surface area contributed by atoms with Gasteiger partial charge in [-0.15, -0.1) is 12.4 Å². The van der Waals surface area contributed by atoms with E-state index in [9.17, 15) is 4.79 Å². The van der Waals surface area contributed by atoms with E-state index >= 15 is 0 Å². The average molecular weight is 293 g/mol. The van der Waals surface area contributed by atoms with Crippen LogP contribution in [0.15, 0.2) is 18.2 Å². The molecule has 0 radical (unpaired) electrons. The van der Waals surface area contributed by atoms with Gasteiger partial charge in [0.25, 0.3) is 0 Å². The van der Waals surface area contributed by atoms with Crippen molar-refractivity contribution in [1.82, 2.24) is 0 Å². The van der Waals surface area contributed by atoms with Crippen LogP contribution < -0.4 is 10.6 Å². The molecule has 0 aromatic heterocycles. The van der Waals surface area contributed by atoms with Crippen LogP contribution in [0.4, 0.5) is 11.4 Å². The van der Waals surface area contributed by atoms with Crippen molar-refractivity contribution in [3.63, 3.8) is 0 Å². The number of benzene rings is 1. The molecule has 2 fully saturated rings. The first-order valence-electron chi connectivity index (χ1n) is 7.50. The van der Waals surface area contributed by atoms with E-state index < -0.39 is 0 Å². The Morgan fingerprint density at radius 1 is 1.20 bits per heavy atom. The number of fused-ring (bicyclic) bond motifs is 2. The summed E-state index contributed by atoms with van der Waals surface area (Å²) in [6, 6.07) is 6.25. The Bertz CT molecular complexity index is 521. The predicted molar refractivity (Wildman–Crippen MR) is 83.5 cm³/mol. The second-order valence-corrected chi connectivity index (χ2v) is 6.18. The summed E-state index contributed by atoms with van der Waals surface area (Å²) in [4.78, 5) is 12.2. The highest BCUT2D eigenvalue weighted by Crippen LogP contribution is 2.57. The minimum atomic E-state index is 0. The van der Waals surface area contributed by atoms with E-state index in [0.29, 0.717) is 17.8 Å². The molecule has 108 valence electrons. The Hall–Kier alpha value is -1.22. The van der Waals surface area contributed by atoms with Crippen molar-refractivity contribution in [2.24, 2.45) is 17.8 Å². The highest BCUT2D eigenvalue weighted by atomic mass is 35.5. The minimum absolute atomic E-state index is 0. The van der Waals surface area contributed by atoms with E-state index in [-0.39, 0.29) is 18.3 Å². The van der Waals surface area contributed by atoms with E-state index in [2.05, 4.69) is 22.8 Å². The normalized spacial score (nSPS) is 29.5. The third-order valence-electron chi connectivity index (χ3n) is 5.02. The number of nitrogens with one attached hydrogen (secondary N) is 2. The molecule has 1 aromatic rings. The summed E-state index contributed by atoms with van der Waals surface area (Å²) >= 11 is 0. The van der Waals surface area contributed by atoms with Crippen LogP contribution in [0.3, 0.4) is 0 Å². The number of hydrogen-bond acceptors (Lipinski definition) is 2. The molecule has 4 heteroatoms. The molecule has 0 saturated heterocycles. The second-order valence-electron chi connectivity index (χ2n) is 6.18. The molecule has 1 aromatic carbocycles. The van der Waals surface area contributed by atoms with Crippen LogP contribution in [0.5, 0.6) is 0 Å². The molecule has 0 spiro atoms. The summed E-state index contributed by atoms with van der Waals surface area (Å²) in [6.45, 7) is 1.06. The topological polar surface area (TPSA) is 41.1 Å². The van der Waals surface area contributed by atoms with Gasteiger partial charge in [-0.3, -0.25) is 4.79 Å². The first-order chi connectivity index (χ1) is 9.33. The molecule has 3 aliphatic rings. The third-order valence-corrected chi connectivity index (χ3v) is 5.02. The molecule has 3 nitrogen and oxygen atoms in total. The maximum Gasteiger partial charge on any atom is 0.228 e. The van der Waals surface area contributed by atoms with Crippen molar-refractivity contribution in [2.75, 3.05) is 17.2 Å². The lowest BCUT2D eigenvalue weighted by molar-refractivity contribution is -0.118. The zero-order valence-corrected chi connectivity index (χ0v) is 12.3. The van der Waals surface area contributed by atoms with Gasteiger partial charge in [-0.25, -0.2) is 0 Å². The summed E-state index contributed by atoms with van der Waals surface area (Å²) in [5.74, 6) is 1.94. The van der Waals surface area contributed by atoms with Crippen LogP contribution in [0.1, 0.15) is 31.2 Å². The molecular formula is C16H21ClN2O. The Kier molecular flexibility index (Phi) is 3.63. The maximum atomic E-state index is 12.2. The molecule has 20 heavy (non-hydrogen) atoms. The van der Waals surface area contributed by atoms with Gasteiger partial charge in [0.2, 0.25) is 5.91 Å². The number of carbonyl (C=O) groups excluding carboxylic acids is 1. The fourth-order valence-corrected chi connectivity index (χ4v) is 3.99. The number of carbonyl (C=O) groups is 1. The van der Waals surface area contributed by atoms with Crippen molar-refractivity contribution in [3.8, 4) is 0 Å². The first kappa shape index (κ1) is 13.7. The molecule has 2 aliphatic carbocycles. The number of anilines is 2. The molecule has 1 aliphatic heterocycles. The van der Waals surface area contributed by atoms with E-state index in [1.165, 1.54) is 36.9 Å². The van der Waals surface area contributed by atoms with Crippen LogP contribution in [0.25, 0.3) is 0 Å². The van der Waals surface area contributed by atoms with Crippen molar-refractivity contribution >= 4 is 29.7 Å². The fourth-order valence-electron chi connectivity index (χ4n) is 3.99. The van der Waals surface area contributed by atoms with Gasteiger partial charge in [0, 0.05) is 23.8 Å². The van der Waals surface area contributed by atoms with Gasteiger partial charge in [-0.1, -0.05) is 6.42 Å². The highest BCUT2D eigenvalue weighted by molar-refractivity contribution is 5.95. The number of amides is 1. The molecule has 4 rings (SSSR count). The molecule has 2 saturated carbocycles. The van der Waals surface area contributed by atoms with Crippen molar-refractivity contribution in [2.45, 2.75) is 32.1 Å². The summed E-state index contributed by atoms with van der Waals surface area (Å²) in [6.07, 6.45) is 6.13. The number of halogens is 1. The van der Waals surface area contributed by atoms with Gasteiger partial charge in [0.1, 0.15) is 0 Å². The summed E-state index contributed by atoms with van der Waals surface area (Å²) in [7, 11) is 0. The van der Waals surface area contributed by atoms with E-state index in [0.717, 1.165) is 18.7 Å². The highest BCUT2D eigenvalue weighted by Gasteiger charge is 2.56. The Morgan fingerprint density at radius 3 is 2.80 bits per heavy atom. The van der Waals surface area contributed by atoms with Gasteiger partial charge in [0.05, 0.1) is 0 Å². The first-order valence-corrected chi connectivity index (χ1v) is 7.50. The van der Waals surface area contributed by atoms with Crippen LogP contribution in [0, 0.1) is 17.8 Å². The van der Waals surface area contributed by atoms with Crippen molar-refractivity contribution in [1.29, 1.82) is 0 Å². The van der Waals surface area contributed by atoms with Crippen LogP contribution >= 0.6 is 12.4 Å². The van der Waals surface area contributed by atoms with Crippen LogP contribution in [-0.4, -0.2) is 12.5 Å². The number of rotatable bonds is 2. The predicted octanol–water partition coefficient (Wildman–Crippen LogP) is 3.45. The molecule has 0 bridgehead atoms. The Labute approximate surface area is 125 Å². The summed E-state index contributed by atoms with van der Waals surface area (Å²) in [5.41, 5.74) is 3.53. The van der Waals surface area contributed by atoms with Crippen molar-refractivity contribution < 1.29 is 4.79 Å². The quantitative estimate of drug-likeness (QED) is 0.876. The Morgan fingerprint density at radius 2 is 2.00 bits per heavy atom. The van der Waals surface area contributed by atoms with Gasteiger partial charge >= 0.3 is 0 Å². The molecule has 2 atom stereocenters. The maximum absolute atomic E-state index is 12.2. The largest absolute Gasteiger partial charge is 0.385 e. The smallest absolute Gasteiger partial charge is 0.228 e. The standard InChI is InChI=1S/C16H20N2O.ClH/c19-16(15-12-4-1-5-13(12)15)18-11-6-7-14-10(9-11)3-2-8-17-14;/h6-7,9,12-13,15,17H,1-5,8H2,(H,18,19);1H. The zero-order valence-electron chi connectivity index (χ0n) is 11.5. The van der Waals surface area contributed by atoms with E-state index in [1.54, 1.807) is 0 Å². The lowest BCUT2D eigenvalue weighted by Gasteiger charge is -2.19. The SMILES string of the molecule is Cl.O=C(Nc1ccc2c(c1)CCCN2)C1C2CCCC21. The lowest BCUT2D eigenvalue weighted by Crippen LogP contribution is -2.17. The van der Waals surface area contributed by atoms with Gasteiger partial charge in [0.15, 0.2) is 0 Å². The fraction of sp³-hybridized carbons (Fsp3) is 0.562. The molecule has 1 heterocycles. The molecule has 2 unspecified atom stereocenters.